The number of primary amides is 1. The van der Waals surface area contributed by atoms with Crippen molar-refractivity contribution in [3.63, 3.8) is 0 Å². The summed E-state index contributed by atoms with van der Waals surface area (Å²) in [5, 5.41) is 14.0. The van der Waals surface area contributed by atoms with Crippen molar-refractivity contribution < 1.29 is 19.5 Å². The number of rotatable bonds is 5. The topological polar surface area (TPSA) is 122 Å². The number of anilines is 1. The third-order valence-electron chi connectivity index (χ3n) is 2.72. The van der Waals surface area contributed by atoms with Gasteiger partial charge in [-0.15, -0.1) is 0 Å². The first-order valence-electron chi connectivity index (χ1n) is 6.12. The maximum Gasteiger partial charge on any atom is 0.337 e. The number of nitrogens with two attached hydrogens (primary N) is 1. The van der Waals surface area contributed by atoms with Gasteiger partial charge in [0.15, 0.2) is 0 Å². The van der Waals surface area contributed by atoms with Gasteiger partial charge in [-0.2, -0.15) is 0 Å². The van der Waals surface area contributed by atoms with Crippen LogP contribution >= 0.6 is 11.6 Å². The quantitative estimate of drug-likeness (QED) is 0.660. The summed E-state index contributed by atoms with van der Waals surface area (Å²) >= 11 is 5.71. The normalized spacial score (nSPS) is 11.8. The minimum Gasteiger partial charge on any atom is -0.478 e. The summed E-state index contributed by atoms with van der Waals surface area (Å²) in [5.74, 6) is -2.10. The van der Waals surface area contributed by atoms with Crippen LogP contribution in [0.25, 0.3) is 0 Å². The van der Waals surface area contributed by atoms with Gasteiger partial charge in [0.1, 0.15) is 6.04 Å². The molecule has 0 saturated carbocycles. The van der Waals surface area contributed by atoms with E-state index in [9.17, 15) is 14.4 Å². The van der Waals surface area contributed by atoms with E-state index < -0.39 is 23.9 Å². The Morgan fingerprint density at radius 2 is 1.90 bits per heavy atom. The molecule has 0 bridgehead atoms. The number of hydrogen-bond acceptors (Lipinski definition) is 3. The highest BCUT2D eigenvalue weighted by Crippen LogP contribution is 2.20. The van der Waals surface area contributed by atoms with Crippen molar-refractivity contribution in [1.29, 1.82) is 0 Å². The lowest BCUT2D eigenvalue weighted by Crippen LogP contribution is -2.49. The molecule has 7 nitrogen and oxygen atoms in total. The molecular weight excluding hydrogens is 298 g/mol. The van der Waals surface area contributed by atoms with Crippen LogP contribution < -0.4 is 16.4 Å². The summed E-state index contributed by atoms with van der Waals surface area (Å²) in [7, 11) is 0. The number of carboxylic acid groups (broad SMARTS) is 1. The van der Waals surface area contributed by atoms with E-state index in [1.807, 2.05) is 0 Å². The SMILES string of the molecule is CC(C)C(NC(=O)Nc1ccc(Cl)cc1C(=O)O)C(N)=O. The number of carbonyl (C=O) groups is 3. The predicted octanol–water partition coefficient (Wildman–Crippen LogP) is 1.67. The number of halogens is 1. The van der Waals surface area contributed by atoms with Crippen molar-refractivity contribution in [2.24, 2.45) is 11.7 Å². The average molecular weight is 314 g/mol. The van der Waals surface area contributed by atoms with Gasteiger partial charge in [0.05, 0.1) is 11.3 Å². The van der Waals surface area contributed by atoms with Crippen molar-refractivity contribution in [1.82, 2.24) is 5.32 Å². The molecule has 0 saturated heterocycles. The van der Waals surface area contributed by atoms with Crippen LogP contribution in [0.3, 0.4) is 0 Å². The largest absolute Gasteiger partial charge is 0.478 e. The molecule has 21 heavy (non-hydrogen) atoms. The van der Waals surface area contributed by atoms with E-state index in [4.69, 9.17) is 22.4 Å². The van der Waals surface area contributed by atoms with E-state index in [1.54, 1.807) is 13.8 Å². The molecule has 0 heterocycles. The zero-order valence-corrected chi connectivity index (χ0v) is 12.3. The van der Waals surface area contributed by atoms with Crippen LogP contribution in [0.2, 0.25) is 5.02 Å². The van der Waals surface area contributed by atoms with Crippen LogP contribution in [0.15, 0.2) is 18.2 Å². The highest BCUT2D eigenvalue weighted by molar-refractivity contribution is 6.31. The van der Waals surface area contributed by atoms with Gasteiger partial charge in [-0.3, -0.25) is 4.79 Å². The van der Waals surface area contributed by atoms with Crippen LogP contribution in [0.5, 0.6) is 0 Å². The Morgan fingerprint density at radius 1 is 1.29 bits per heavy atom. The number of benzene rings is 1. The first-order valence-corrected chi connectivity index (χ1v) is 6.50. The van der Waals surface area contributed by atoms with E-state index in [0.717, 1.165) is 0 Å². The Balaban J connectivity index is 2.89. The number of hydrogen-bond donors (Lipinski definition) is 4. The second-order valence-corrected chi connectivity index (χ2v) is 5.15. The summed E-state index contributed by atoms with van der Waals surface area (Å²) in [6.07, 6.45) is 0. The van der Waals surface area contributed by atoms with Gasteiger partial charge in [-0.05, 0) is 24.1 Å². The van der Waals surface area contributed by atoms with E-state index in [2.05, 4.69) is 10.6 Å². The smallest absolute Gasteiger partial charge is 0.337 e. The molecule has 0 aliphatic carbocycles. The minimum atomic E-state index is -1.23. The molecule has 0 spiro atoms. The molecule has 0 aliphatic rings. The van der Waals surface area contributed by atoms with Gasteiger partial charge >= 0.3 is 12.0 Å². The fourth-order valence-corrected chi connectivity index (χ4v) is 1.84. The Hall–Kier alpha value is -2.28. The monoisotopic (exact) mass is 313 g/mol. The van der Waals surface area contributed by atoms with Gasteiger partial charge < -0.3 is 21.5 Å². The Kier molecular flexibility index (Phi) is 5.54. The van der Waals surface area contributed by atoms with E-state index in [0.29, 0.717) is 0 Å². The summed E-state index contributed by atoms with van der Waals surface area (Å²) in [4.78, 5) is 34.1. The van der Waals surface area contributed by atoms with Crippen molar-refractivity contribution in [3.8, 4) is 0 Å². The summed E-state index contributed by atoms with van der Waals surface area (Å²) in [6.45, 7) is 3.45. The predicted molar refractivity (Wildman–Crippen MR) is 78.4 cm³/mol. The van der Waals surface area contributed by atoms with E-state index in [1.165, 1.54) is 18.2 Å². The molecule has 0 fully saturated rings. The lowest BCUT2D eigenvalue weighted by Gasteiger charge is -2.19. The Labute approximate surface area is 126 Å². The average Bonchev–Trinajstić information content (AvgIpc) is 2.37. The maximum atomic E-state index is 11.8. The van der Waals surface area contributed by atoms with E-state index in [-0.39, 0.29) is 22.2 Å². The van der Waals surface area contributed by atoms with Gasteiger partial charge in [0.2, 0.25) is 5.91 Å². The second-order valence-electron chi connectivity index (χ2n) is 4.72. The standard InChI is InChI=1S/C13H16ClN3O4/c1-6(2)10(11(15)18)17-13(21)16-9-4-3-7(14)5-8(9)12(19)20/h3-6,10H,1-2H3,(H2,15,18)(H,19,20)(H2,16,17,21). The number of urea groups is 1. The number of carboxylic acids is 1. The first-order chi connectivity index (χ1) is 9.72. The van der Waals surface area contributed by atoms with Gasteiger partial charge in [0, 0.05) is 5.02 Å². The molecule has 114 valence electrons. The number of nitrogens with one attached hydrogen (secondary N) is 2. The maximum absolute atomic E-state index is 11.8. The van der Waals surface area contributed by atoms with Crippen LogP contribution in [0, 0.1) is 5.92 Å². The highest BCUT2D eigenvalue weighted by atomic mass is 35.5. The zero-order valence-electron chi connectivity index (χ0n) is 11.5. The summed E-state index contributed by atoms with van der Waals surface area (Å²) in [6, 6.07) is 2.44. The lowest BCUT2D eigenvalue weighted by molar-refractivity contribution is -0.120. The van der Waals surface area contributed by atoms with Crippen LogP contribution in [0.1, 0.15) is 24.2 Å². The van der Waals surface area contributed by atoms with Crippen LogP contribution in [0.4, 0.5) is 10.5 Å². The van der Waals surface area contributed by atoms with Crippen molar-refractivity contribution in [2.45, 2.75) is 19.9 Å². The van der Waals surface area contributed by atoms with Crippen LogP contribution in [-0.4, -0.2) is 29.1 Å². The Bertz CT molecular complexity index is 575. The molecule has 1 aromatic rings. The summed E-state index contributed by atoms with van der Waals surface area (Å²) in [5.41, 5.74) is 5.10. The van der Waals surface area contributed by atoms with Crippen molar-refractivity contribution in [2.75, 3.05) is 5.32 Å². The van der Waals surface area contributed by atoms with Crippen LogP contribution in [-0.2, 0) is 4.79 Å². The lowest BCUT2D eigenvalue weighted by atomic mass is 10.0. The van der Waals surface area contributed by atoms with Crippen molar-refractivity contribution in [3.05, 3.63) is 28.8 Å². The van der Waals surface area contributed by atoms with Gasteiger partial charge in [0.25, 0.3) is 0 Å². The molecule has 5 N–H and O–H groups in total. The number of amides is 3. The van der Waals surface area contributed by atoms with E-state index >= 15 is 0 Å². The highest BCUT2D eigenvalue weighted by Gasteiger charge is 2.22. The molecule has 1 rings (SSSR count). The Morgan fingerprint density at radius 3 is 2.38 bits per heavy atom. The molecule has 1 atom stereocenters. The first kappa shape index (κ1) is 16.8. The molecule has 0 aromatic heterocycles. The third kappa shape index (κ3) is 4.64. The molecule has 1 aromatic carbocycles. The molecule has 1 unspecified atom stereocenters. The molecule has 0 radical (unpaired) electrons. The molecule has 0 aliphatic heterocycles. The van der Waals surface area contributed by atoms with Gasteiger partial charge in [-0.25, -0.2) is 9.59 Å². The third-order valence-corrected chi connectivity index (χ3v) is 2.96. The fourth-order valence-electron chi connectivity index (χ4n) is 1.67. The number of aromatic carboxylic acids is 1. The number of carbonyl (C=O) groups excluding carboxylic acids is 2. The minimum absolute atomic E-state index is 0.0661. The zero-order chi connectivity index (χ0) is 16.2. The van der Waals surface area contributed by atoms with Gasteiger partial charge in [-0.1, -0.05) is 25.4 Å². The summed E-state index contributed by atoms with van der Waals surface area (Å²) < 4.78 is 0. The molecule has 8 heteroatoms. The molecular formula is C13H16ClN3O4. The van der Waals surface area contributed by atoms with Crippen molar-refractivity contribution >= 4 is 35.2 Å². The second kappa shape index (κ2) is 6.94. The fraction of sp³-hybridized carbons (Fsp3) is 0.308. The molecule has 3 amide bonds.